The molecule has 0 saturated heterocycles. The van der Waals surface area contributed by atoms with E-state index in [0.717, 1.165) is 0 Å². The van der Waals surface area contributed by atoms with Gasteiger partial charge in [-0.05, 0) is 12.2 Å². The normalized spacial score (nSPS) is 11.8. The van der Waals surface area contributed by atoms with Crippen LogP contribution in [0, 0.1) is 0 Å². The quantitative estimate of drug-likeness (QED) is 0.478. The average molecular weight is 158 g/mol. The van der Waals surface area contributed by atoms with E-state index in [4.69, 9.17) is 15.9 Å². The molecule has 1 unspecified atom stereocenters. The number of rotatable bonds is 2. The Morgan fingerprint density at radius 2 is 2.12 bits per heavy atom. The summed E-state index contributed by atoms with van der Waals surface area (Å²) in [5, 5.41) is 16.1. The predicted molar refractivity (Wildman–Crippen MR) is 37.5 cm³/mol. The maximum absolute atomic E-state index is 8.27. The SMILES string of the molecule is Cl.NC(CO)C(O)=S. The molecule has 0 saturated carbocycles. The maximum atomic E-state index is 8.27. The minimum absolute atomic E-state index is 0. The summed E-state index contributed by atoms with van der Waals surface area (Å²) in [6, 6.07) is -0.755. The second-order valence-electron chi connectivity index (χ2n) is 1.13. The monoisotopic (exact) mass is 157 g/mol. The van der Waals surface area contributed by atoms with Crippen molar-refractivity contribution in [1.82, 2.24) is 0 Å². The number of nitrogens with two attached hydrogens (primary N) is 1. The Hall–Kier alpha value is 0.1000. The standard InChI is InChI=1S/C3H7NO2S.ClH/c4-2(1-5)3(6)7;/h2,5H,1,4H2,(H,6,7);1H. The van der Waals surface area contributed by atoms with Gasteiger partial charge >= 0.3 is 0 Å². The lowest BCUT2D eigenvalue weighted by Crippen LogP contribution is -2.32. The largest absolute Gasteiger partial charge is 0.501 e. The van der Waals surface area contributed by atoms with Gasteiger partial charge in [0.25, 0.3) is 0 Å². The Morgan fingerprint density at radius 3 is 2.12 bits per heavy atom. The third-order valence-corrected chi connectivity index (χ3v) is 0.817. The molecular formula is C3H8ClNO2S. The summed E-state index contributed by atoms with van der Waals surface area (Å²) < 4.78 is 0. The highest BCUT2D eigenvalue weighted by atomic mass is 35.5. The van der Waals surface area contributed by atoms with Crippen LogP contribution < -0.4 is 5.73 Å². The van der Waals surface area contributed by atoms with Crippen LogP contribution in [0.15, 0.2) is 0 Å². The molecule has 5 heteroatoms. The molecule has 0 bridgehead atoms. The van der Waals surface area contributed by atoms with Crippen LogP contribution in [0.4, 0.5) is 0 Å². The van der Waals surface area contributed by atoms with E-state index in [9.17, 15) is 0 Å². The highest BCUT2D eigenvalue weighted by Crippen LogP contribution is 1.76. The van der Waals surface area contributed by atoms with Crippen molar-refractivity contribution in [3.05, 3.63) is 0 Å². The van der Waals surface area contributed by atoms with E-state index in [2.05, 4.69) is 12.2 Å². The topological polar surface area (TPSA) is 66.5 Å². The molecule has 50 valence electrons. The summed E-state index contributed by atoms with van der Waals surface area (Å²) in [4.78, 5) is 0. The molecule has 0 aromatic carbocycles. The number of hydrogen-bond donors (Lipinski definition) is 3. The van der Waals surface area contributed by atoms with Crippen LogP contribution in [0.1, 0.15) is 0 Å². The van der Waals surface area contributed by atoms with Crippen LogP contribution in [0.3, 0.4) is 0 Å². The molecule has 8 heavy (non-hydrogen) atoms. The van der Waals surface area contributed by atoms with Crippen LogP contribution >= 0.6 is 24.6 Å². The fraction of sp³-hybridized carbons (Fsp3) is 0.667. The molecule has 0 aliphatic carbocycles. The lowest BCUT2D eigenvalue weighted by Gasteiger charge is -2.00. The first-order valence-electron chi connectivity index (χ1n) is 1.77. The van der Waals surface area contributed by atoms with E-state index in [1.807, 2.05) is 0 Å². The third kappa shape index (κ3) is 4.26. The van der Waals surface area contributed by atoms with Crippen molar-refractivity contribution in [3.63, 3.8) is 0 Å². The van der Waals surface area contributed by atoms with Crippen LogP contribution in [0.2, 0.25) is 0 Å². The van der Waals surface area contributed by atoms with Gasteiger partial charge in [-0.25, -0.2) is 0 Å². The van der Waals surface area contributed by atoms with Crippen molar-refractivity contribution in [3.8, 4) is 0 Å². The molecule has 0 aromatic heterocycles. The predicted octanol–water partition coefficient (Wildman–Crippen LogP) is -0.387. The molecular weight excluding hydrogens is 150 g/mol. The van der Waals surface area contributed by atoms with Crippen LogP contribution in [-0.2, 0) is 0 Å². The molecule has 0 radical (unpaired) electrons. The molecule has 3 nitrogen and oxygen atoms in total. The van der Waals surface area contributed by atoms with E-state index >= 15 is 0 Å². The molecule has 4 N–H and O–H groups in total. The van der Waals surface area contributed by atoms with Gasteiger partial charge in [0.05, 0.1) is 12.6 Å². The number of halogens is 1. The number of aliphatic hydroxyl groups excluding tert-OH is 2. The Bertz CT molecular complexity index is 79.7. The highest BCUT2D eigenvalue weighted by Gasteiger charge is 2.02. The smallest absolute Gasteiger partial charge is 0.176 e. The van der Waals surface area contributed by atoms with Gasteiger partial charge in [0.15, 0.2) is 5.05 Å². The van der Waals surface area contributed by atoms with Crippen molar-refractivity contribution in [2.24, 2.45) is 5.73 Å². The first kappa shape index (κ1) is 11.0. The zero-order valence-corrected chi connectivity index (χ0v) is 5.71. The molecule has 0 aliphatic rings. The lowest BCUT2D eigenvalue weighted by atomic mass is 10.4. The van der Waals surface area contributed by atoms with E-state index in [-0.39, 0.29) is 24.1 Å². The first-order valence-corrected chi connectivity index (χ1v) is 2.18. The van der Waals surface area contributed by atoms with Crippen molar-refractivity contribution in [2.75, 3.05) is 6.61 Å². The second kappa shape index (κ2) is 5.24. The first-order chi connectivity index (χ1) is 3.18. The fourth-order valence-electron chi connectivity index (χ4n) is 0.0781. The Labute approximate surface area is 58.9 Å². The van der Waals surface area contributed by atoms with Gasteiger partial charge in [-0.2, -0.15) is 0 Å². The molecule has 0 fully saturated rings. The number of aliphatic hydroxyl groups is 2. The van der Waals surface area contributed by atoms with Gasteiger partial charge < -0.3 is 15.9 Å². The average Bonchev–Trinajstić information content (AvgIpc) is 1.65. The molecule has 0 aliphatic heterocycles. The van der Waals surface area contributed by atoms with E-state index in [1.165, 1.54) is 0 Å². The van der Waals surface area contributed by atoms with Crippen molar-refractivity contribution < 1.29 is 10.2 Å². The van der Waals surface area contributed by atoms with E-state index in [0.29, 0.717) is 0 Å². The molecule has 1 atom stereocenters. The van der Waals surface area contributed by atoms with Crippen molar-refractivity contribution in [1.29, 1.82) is 0 Å². The molecule has 0 rings (SSSR count). The summed E-state index contributed by atoms with van der Waals surface area (Å²) in [7, 11) is 0. The van der Waals surface area contributed by atoms with E-state index < -0.39 is 6.04 Å². The molecule has 0 amide bonds. The molecule has 0 aromatic rings. The molecule has 0 heterocycles. The van der Waals surface area contributed by atoms with Crippen LogP contribution in [-0.4, -0.2) is 27.9 Å². The van der Waals surface area contributed by atoms with Crippen molar-refractivity contribution in [2.45, 2.75) is 6.04 Å². The summed E-state index contributed by atoms with van der Waals surface area (Å²) in [5.74, 6) is 0. The minimum atomic E-state index is -0.755. The van der Waals surface area contributed by atoms with Gasteiger partial charge in [0.2, 0.25) is 0 Å². The van der Waals surface area contributed by atoms with Gasteiger partial charge in [-0.15, -0.1) is 12.4 Å². The lowest BCUT2D eigenvalue weighted by molar-refractivity contribution is 0.282. The summed E-state index contributed by atoms with van der Waals surface area (Å²) in [6.45, 7) is -0.296. The number of thiocarbonyl (C=S) groups is 1. The second-order valence-corrected chi connectivity index (χ2v) is 1.55. The Kier molecular flexibility index (Phi) is 7.19. The zero-order chi connectivity index (χ0) is 5.86. The third-order valence-electron chi connectivity index (χ3n) is 0.514. The fourth-order valence-corrected chi connectivity index (χ4v) is 0.153. The summed E-state index contributed by atoms with van der Waals surface area (Å²) in [5.41, 5.74) is 4.97. The van der Waals surface area contributed by atoms with Gasteiger partial charge in [0.1, 0.15) is 0 Å². The van der Waals surface area contributed by atoms with Gasteiger partial charge in [-0.1, -0.05) is 0 Å². The Balaban J connectivity index is 0. The molecule has 0 spiro atoms. The van der Waals surface area contributed by atoms with Crippen LogP contribution in [0.25, 0.3) is 0 Å². The van der Waals surface area contributed by atoms with Gasteiger partial charge in [-0.3, -0.25) is 0 Å². The summed E-state index contributed by atoms with van der Waals surface area (Å²) in [6.07, 6.45) is 0. The summed E-state index contributed by atoms with van der Waals surface area (Å²) >= 11 is 4.19. The Morgan fingerprint density at radius 1 is 1.75 bits per heavy atom. The highest BCUT2D eigenvalue weighted by molar-refractivity contribution is 7.80. The van der Waals surface area contributed by atoms with Crippen LogP contribution in [0.5, 0.6) is 0 Å². The van der Waals surface area contributed by atoms with E-state index in [1.54, 1.807) is 0 Å². The van der Waals surface area contributed by atoms with Gasteiger partial charge in [0, 0.05) is 0 Å². The zero-order valence-electron chi connectivity index (χ0n) is 4.07. The minimum Gasteiger partial charge on any atom is -0.501 e. The van der Waals surface area contributed by atoms with Crippen molar-refractivity contribution >= 4 is 29.7 Å². The maximum Gasteiger partial charge on any atom is 0.176 e. The number of hydrogen-bond acceptors (Lipinski definition) is 3.